The quantitative estimate of drug-likeness (QED) is 0.736. The molecule has 0 spiro atoms. The SMILES string of the molecule is CN1CCN(Cc2ccccc2CNC(=O)NCc2ccn[nH]2)CC1. The Morgan fingerprint density at radius 2 is 1.80 bits per heavy atom. The van der Waals surface area contributed by atoms with Crippen molar-refractivity contribution in [1.82, 2.24) is 30.6 Å². The number of rotatable bonds is 6. The van der Waals surface area contributed by atoms with Crippen LogP contribution in [0.1, 0.15) is 16.8 Å². The molecule has 1 aromatic carbocycles. The largest absolute Gasteiger partial charge is 0.334 e. The summed E-state index contributed by atoms with van der Waals surface area (Å²) in [6.45, 7) is 6.29. The number of nitrogens with one attached hydrogen (secondary N) is 3. The maximum atomic E-state index is 12.0. The first-order valence-electron chi connectivity index (χ1n) is 8.68. The Morgan fingerprint density at radius 3 is 2.52 bits per heavy atom. The van der Waals surface area contributed by atoms with Crippen LogP contribution in [0.25, 0.3) is 0 Å². The number of aromatic nitrogens is 2. The number of hydrogen-bond donors (Lipinski definition) is 3. The van der Waals surface area contributed by atoms with E-state index in [1.54, 1.807) is 6.20 Å². The van der Waals surface area contributed by atoms with E-state index < -0.39 is 0 Å². The summed E-state index contributed by atoms with van der Waals surface area (Å²) in [6, 6.07) is 9.98. The first kappa shape index (κ1) is 17.4. The van der Waals surface area contributed by atoms with E-state index in [0.717, 1.165) is 44.0 Å². The number of carbonyl (C=O) groups is 1. The number of urea groups is 1. The third kappa shape index (κ3) is 5.30. The average Bonchev–Trinajstić information content (AvgIpc) is 3.15. The highest BCUT2D eigenvalue weighted by Gasteiger charge is 2.15. The van der Waals surface area contributed by atoms with Gasteiger partial charge in [-0.15, -0.1) is 0 Å². The van der Waals surface area contributed by atoms with Crippen molar-refractivity contribution in [2.45, 2.75) is 19.6 Å². The average molecular weight is 342 g/mol. The molecule has 1 aliphatic heterocycles. The molecule has 3 N–H and O–H groups in total. The standard InChI is InChI=1S/C18H26N6O/c1-23-8-10-24(11-9-23)14-16-5-3-2-4-15(16)12-19-18(25)20-13-17-6-7-21-22-17/h2-7H,8-14H2,1H3,(H,21,22)(H2,19,20,25). The van der Waals surface area contributed by atoms with E-state index >= 15 is 0 Å². The van der Waals surface area contributed by atoms with E-state index in [4.69, 9.17) is 0 Å². The summed E-state index contributed by atoms with van der Waals surface area (Å²) in [5.41, 5.74) is 3.32. The second kappa shape index (κ2) is 8.64. The van der Waals surface area contributed by atoms with Crippen LogP contribution in [0.4, 0.5) is 4.79 Å². The van der Waals surface area contributed by atoms with Crippen molar-refractivity contribution in [3.8, 4) is 0 Å². The summed E-state index contributed by atoms with van der Waals surface area (Å²) in [5, 5.41) is 12.4. The molecular weight excluding hydrogens is 316 g/mol. The lowest BCUT2D eigenvalue weighted by Crippen LogP contribution is -2.44. The molecule has 7 nitrogen and oxygen atoms in total. The van der Waals surface area contributed by atoms with Crippen LogP contribution in [0.15, 0.2) is 36.5 Å². The smallest absolute Gasteiger partial charge is 0.315 e. The van der Waals surface area contributed by atoms with E-state index in [0.29, 0.717) is 13.1 Å². The number of H-pyrrole nitrogens is 1. The van der Waals surface area contributed by atoms with Crippen LogP contribution >= 0.6 is 0 Å². The molecule has 0 radical (unpaired) electrons. The van der Waals surface area contributed by atoms with Crippen LogP contribution < -0.4 is 10.6 Å². The molecular formula is C18H26N6O. The lowest BCUT2D eigenvalue weighted by molar-refractivity contribution is 0.148. The minimum atomic E-state index is -0.177. The third-order valence-electron chi connectivity index (χ3n) is 4.55. The third-order valence-corrected chi connectivity index (χ3v) is 4.55. The number of hydrogen-bond acceptors (Lipinski definition) is 4. The molecule has 2 amide bonds. The van der Waals surface area contributed by atoms with Gasteiger partial charge in [0.15, 0.2) is 0 Å². The Labute approximate surface area is 148 Å². The summed E-state index contributed by atoms with van der Waals surface area (Å²) >= 11 is 0. The molecule has 2 heterocycles. The zero-order valence-electron chi connectivity index (χ0n) is 14.7. The second-order valence-electron chi connectivity index (χ2n) is 6.47. The highest BCUT2D eigenvalue weighted by atomic mass is 16.2. The van der Waals surface area contributed by atoms with Crippen LogP contribution in [-0.4, -0.2) is 59.3 Å². The molecule has 25 heavy (non-hydrogen) atoms. The maximum absolute atomic E-state index is 12.0. The van der Waals surface area contributed by atoms with E-state index in [1.807, 2.05) is 12.1 Å². The fourth-order valence-corrected chi connectivity index (χ4v) is 2.93. The zero-order valence-corrected chi connectivity index (χ0v) is 14.7. The minimum absolute atomic E-state index is 0.177. The van der Waals surface area contributed by atoms with Gasteiger partial charge in [0, 0.05) is 45.5 Å². The van der Waals surface area contributed by atoms with E-state index in [-0.39, 0.29) is 6.03 Å². The van der Waals surface area contributed by atoms with Crippen molar-refractivity contribution in [1.29, 1.82) is 0 Å². The Hall–Kier alpha value is -2.38. The van der Waals surface area contributed by atoms with Crippen molar-refractivity contribution in [2.75, 3.05) is 33.2 Å². The van der Waals surface area contributed by atoms with Crippen molar-refractivity contribution in [3.05, 3.63) is 53.3 Å². The summed E-state index contributed by atoms with van der Waals surface area (Å²) in [6.07, 6.45) is 1.67. The fourth-order valence-electron chi connectivity index (χ4n) is 2.93. The Morgan fingerprint density at radius 1 is 1.08 bits per heavy atom. The summed E-state index contributed by atoms with van der Waals surface area (Å²) in [5.74, 6) is 0. The van der Waals surface area contributed by atoms with Gasteiger partial charge in [-0.05, 0) is 24.2 Å². The van der Waals surface area contributed by atoms with Crippen molar-refractivity contribution >= 4 is 6.03 Å². The molecule has 0 unspecified atom stereocenters. The van der Waals surface area contributed by atoms with Gasteiger partial charge in [0.25, 0.3) is 0 Å². The Kier molecular flexibility index (Phi) is 6.03. The van der Waals surface area contributed by atoms with Crippen LogP contribution in [0.5, 0.6) is 0 Å². The molecule has 1 aromatic heterocycles. The van der Waals surface area contributed by atoms with Crippen LogP contribution in [0.2, 0.25) is 0 Å². The molecule has 1 saturated heterocycles. The van der Waals surface area contributed by atoms with Gasteiger partial charge in [0.05, 0.1) is 12.2 Å². The normalized spacial score (nSPS) is 15.9. The van der Waals surface area contributed by atoms with Gasteiger partial charge < -0.3 is 15.5 Å². The molecule has 0 aliphatic carbocycles. The minimum Gasteiger partial charge on any atom is -0.334 e. The molecule has 1 aliphatic rings. The Balaban J connectivity index is 1.49. The van der Waals surface area contributed by atoms with Crippen molar-refractivity contribution in [2.24, 2.45) is 0 Å². The van der Waals surface area contributed by atoms with Crippen LogP contribution in [0.3, 0.4) is 0 Å². The highest BCUT2D eigenvalue weighted by Crippen LogP contribution is 2.13. The van der Waals surface area contributed by atoms with Gasteiger partial charge in [0.2, 0.25) is 0 Å². The van der Waals surface area contributed by atoms with E-state index in [2.05, 4.69) is 55.9 Å². The summed E-state index contributed by atoms with van der Waals surface area (Å²) < 4.78 is 0. The number of benzene rings is 1. The lowest BCUT2D eigenvalue weighted by Gasteiger charge is -2.32. The summed E-state index contributed by atoms with van der Waals surface area (Å²) in [7, 11) is 2.16. The maximum Gasteiger partial charge on any atom is 0.315 e. The fraction of sp³-hybridized carbons (Fsp3) is 0.444. The van der Waals surface area contributed by atoms with E-state index in [1.165, 1.54) is 5.56 Å². The van der Waals surface area contributed by atoms with Gasteiger partial charge in [-0.3, -0.25) is 10.00 Å². The first-order chi connectivity index (χ1) is 12.2. The monoisotopic (exact) mass is 342 g/mol. The molecule has 134 valence electrons. The Bertz CT molecular complexity index is 664. The van der Waals surface area contributed by atoms with Crippen LogP contribution in [0, 0.1) is 0 Å². The molecule has 1 fully saturated rings. The molecule has 2 aromatic rings. The zero-order chi connectivity index (χ0) is 17.5. The number of amides is 2. The number of piperazine rings is 1. The highest BCUT2D eigenvalue weighted by molar-refractivity contribution is 5.73. The molecule has 0 bridgehead atoms. The van der Waals surface area contributed by atoms with E-state index in [9.17, 15) is 4.79 Å². The number of likely N-dealkylation sites (N-methyl/N-ethyl adjacent to an activating group) is 1. The molecule has 0 atom stereocenters. The van der Waals surface area contributed by atoms with Gasteiger partial charge in [0.1, 0.15) is 0 Å². The number of carbonyl (C=O) groups excluding carboxylic acids is 1. The van der Waals surface area contributed by atoms with Crippen LogP contribution in [-0.2, 0) is 19.6 Å². The van der Waals surface area contributed by atoms with Gasteiger partial charge in [-0.1, -0.05) is 24.3 Å². The predicted molar refractivity (Wildman–Crippen MR) is 96.9 cm³/mol. The topological polar surface area (TPSA) is 76.3 Å². The van der Waals surface area contributed by atoms with Crippen molar-refractivity contribution < 1.29 is 4.79 Å². The van der Waals surface area contributed by atoms with Crippen molar-refractivity contribution in [3.63, 3.8) is 0 Å². The van der Waals surface area contributed by atoms with Gasteiger partial charge in [-0.25, -0.2) is 4.79 Å². The predicted octanol–water partition coefficient (Wildman–Crippen LogP) is 1.16. The first-order valence-corrected chi connectivity index (χ1v) is 8.68. The van der Waals surface area contributed by atoms with Gasteiger partial charge in [-0.2, -0.15) is 5.10 Å². The van der Waals surface area contributed by atoms with Gasteiger partial charge >= 0.3 is 6.03 Å². The number of aromatic amines is 1. The molecule has 3 rings (SSSR count). The second-order valence-corrected chi connectivity index (χ2v) is 6.47. The summed E-state index contributed by atoms with van der Waals surface area (Å²) in [4.78, 5) is 16.8. The lowest BCUT2D eigenvalue weighted by atomic mass is 10.1. The molecule has 7 heteroatoms. The molecule has 0 saturated carbocycles. The number of nitrogens with zero attached hydrogens (tertiary/aromatic N) is 3.